The van der Waals surface area contributed by atoms with Gasteiger partial charge in [0.2, 0.25) is 11.6 Å². The molecule has 30 heavy (non-hydrogen) atoms. The van der Waals surface area contributed by atoms with Crippen LogP contribution in [0.2, 0.25) is 0 Å². The third kappa shape index (κ3) is 2.97. The maximum atomic E-state index is 12.9. The number of oxazole rings is 1. The van der Waals surface area contributed by atoms with E-state index in [2.05, 4.69) is 21.2 Å². The van der Waals surface area contributed by atoms with Crippen LogP contribution in [0.4, 0.5) is 5.88 Å². The van der Waals surface area contributed by atoms with E-state index in [9.17, 15) is 10.1 Å². The number of anilines is 1. The van der Waals surface area contributed by atoms with Crippen LogP contribution in [0.25, 0.3) is 22.8 Å². The quantitative estimate of drug-likeness (QED) is 0.506. The predicted molar refractivity (Wildman–Crippen MR) is 104 cm³/mol. The molecule has 0 unspecified atom stereocenters. The van der Waals surface area contributed by atoms with Gasteiger partial charge in [0.05, 0.1) is 22.9 Å². The molecule has 1 amide bonds. The molecule has 10 nitrogen and oxygen atoms in total. The number of pyridine rings is 1. The number of carbonyl (C=O) groups is 1. The number of nitriles is 1. The number of aryl methyl sites for hydroxylation is 1. The van der Waals surface area contributed by atoms with Gasteiger partial charge in [0.25, 0.3) is 17.5 Å². The zero-order chi connectivity index (χ0) is 20.7. The number of aromatic nitrogens is 3. The Labute approximate surface area is 170 Å². The summed E-state index contributed by atoms with van der Waals surface area (Å²) in [5, 5.41) is 14.0. The monoisotopic (exact) mass is 404 g/mol. The van der Waals surface area contributed by atoms with E-state index in [1.165, 1.54) is 12.5 Å². The van der Waals surface area contributed by atoms with Crippen LogP contribution in [0.3, 0.4) is 0 Å². The highest BCUT2D eigenvalue weighted by Crippen LogP contribution is 2.29. The van der Waals surface area contributed by atoms with Crippen LogP contribution in [-0.4, -0.2) is 52.1 Å². The van der Waals surface area contributed by atoms with Gasteiger partial charge in [-0.15, -0.1) is 0 Å². The molecule has 0 atom stereocenters. The molecule has 0 spiro atoms. The molecule has 4 aromatic rings. The second kappa shape index (κ2) is 7.04. The fourth-order valence-corrected chi connectivity index (χ4v) is 3.46. The second-order valence-electron chi connectivity index (χ2n) is 6.89. The summed E-state index contributed by atoms with van der Waals surface area (Å²) in [4.78, 5) is 25.0. The average molecular weight is 404 g/mol. The molecule has 10 heteroatoms. The smallest absolute Gasteiger partial charge is 0.266 e. The van der Waals surface area contributed by atoms with Crippen LogP contribution in [0.15, 0.2) is 44.0 Å². The van der Waals surface area contributed by atoms with Crippen LogP contribution in [0.1, 0.15) is 21.7 Å². The van der Waals surface area contributed by atoms with Crippen molar-refractivity contribution < 1.29 is 18.2 Å². The molecule has 150 valence electrons. The Morgan fingerprint density at radius 1 is 1.27 bits per heavy atom. The van der Waals surface area contributed by atoms with Gasteiger partial charge in [-0.2, -0.15) is 10.2 Å². The highest BCUT2D eigenvalue weighted by Gasteiger charge is 2.28. The first kappa shape index (κ1) is 17.9. The molecule has 0 aliphatic carbocycles. The lowest BCUT2D eigenvalue weighted by molar-refractivity contribution is 0.0745. The minimum atomic E-state index is -0.112. The van der Waals surface area contributed by atoms with E-state index in [4.69, 9.17) is 13.4 Å². The highest BCUT2D eigenvalue weighted by molar-refractivity contribution is 5.97. The van der Waals surface area contributed by atoms with E-state index < -0.39 is 0 Å². The van der Waals surface area contributed by atoms with Crippen LogP contribution in [-0.2, 0) is 0 Å². The molecule has 1 fully saturated rings. The number of fused-ring (bicyclic) bond motifs is 1. The summed E-state index contributed by atoms with van der Waals surface area (Å²) in [6.07, 6.45) is 3.02. The number of furan rings is 1. The Morgan fingerprint density at radius 2 is 2.10 bits per heavy atom. The van der Waals surface area contributed by atoms with Crippen molar-refractivity contribution in [3.05, 3.63) is 47.6 Å². The molecular weight excluding hydrogens is 388 g/mol. The fourth-order valence-electron chi connectivity index (χ4n) is 3.46. The van der Waals surface area contributed by atoms with Gasteiger partial charge in [-0.25, -0.2) is 4.98 Å². The van der Waals surface area contributed by atoms with Crippen molar-refractivity contribution in [2.45, 2.75) is 6.92 Å². The first-order valence-corrected chi connectivity index (χ1v) is 9.35. The molecule has 1 aliphatic heterocycles. The van der Waals surface area contributed by atoms with Gasteiger partial charge in [-0.05, 0) is 25.1 Å². The van der Waals surface area contributed by atoms with Crippen molar-refractivity contribution in [3.8, 4) is 17.7 Å². The van der Waals surface area contributed by atoms with Crippen LogP contribution in [0.5, 0.6) is 0 Å². The zero-order valence-electron chi connectivity index (χ0n) is 16.0. The largest absolute Gasteiger partial charge is 0.459 e. The Morgan fingerprint density at radius 3 is 2.83 bits per heavy atom. The first-order valence-electron chi connectivity index (χ1n) is 9.35. The van der Waals surface area contributed by atoms with Crippen LogP contribution in [0, 0.1) is 18.3 Å². The molecule has 4 aromatic heterocycles. The van der Waals surface area contributed by atoms with Gasteiger partial charge in [0.1, 0.15) is 6.07 Å². The minimum absolute atomic E-state index is 0.112. The standard InChI is InChI=1S/C20H16N6O4/c1-12-14-9-13(11-22-17(14)30-24-12)19(27)25-4-6-26(7-5-25)20-15(10-21)23-18(29-20)16-3-2-8-28-16/h2-3,8-9,11H,4-7H2,1H3. The third-order valence-electron chi connectivity index (χ3n) is 5.06. The topological polar surface area (TPSA) is 125 Å². The lowest BCUT2D eigenvalue weighted by atomic mass is 10.1. The maximum Gasteiger partial charge on any atom is 0.266 e. The molecule has 5 heterocycles. The lowest BCUT2D eigenvalue weighted by Crippen LogP contribution is -2.48. The SMILES string of the molecule is Cc1noc2ncc(C(=O)N3CCN(c4oc(-c5ccco5)nc4C#N)CC3)cc12. The van der Waals surface area contributed by atoms with Crippen molar-refractivity contribution in [1.29, 1.82) is 5.26 Å². The van der Waals surface area contributed by atoms with Gasteiger partial charge >= 0.3 is 0 Å². The van der Waals surface area contributed by atoms with Crippen molar-refractivity contribution in [1.82, 2.24) is 20.0 Å². The van der Waals surface area contributed by atoms with Crippen LogP contribution < -0.4 is 4.90 Å². The normalized spacial score (nSPS) is 14.3. The van der Waals surface area contributed by atoms with Gasteiger partial charge in [-0.1, -0.05) is 5.16 Å². The number of piperazine rings is 1. The Bertz CT molecular complexity index is 1260. The molecule has 0 radical (unpaired) electrons. The summed E-state index contributed by atoms with van der Waals surface area (Å²) in [6.45, 7) is 3.77. The summed E-state index contributed by atoms with van der Waals surface area (Å²) >= 11 is 0. The molecule has 0 aromatic carbocycles. The zero-order valence-corrected chi connectivity index (χ0v) is 16.0. The summed E-state index contributed by atoms with van der Waals surface area (Å²) in [6, 6.07) is 7.26. The molecular formula is C20H16N6O4. The van der Waals surface area contributed by atoms with Crippen LogP contribution >= 0.6 is 0 Å². The lowest BCUT2D eigenvalue weighted by Gasteiger charge is -2.34. The number of amides is 1. The van der Waals surface area contributed by atoms with Gasteiger partial charge in [0.15, 0.2) is 5.76 Å². The number of carbonyl (C=O) groups excluding carboxylic acids is 1. The summed E-state index contributed by atoms with van der Waals surface area (Å²) in [5.74, 6) is 0.991. The molecule has 1 aliphatic rings. The van der Waals surface area contributed by atoms with Crippen molar-refractivity contribution in [3.63, 3.8) is 0 Å². The molecule has 5 rings (SSSR count). The van der Waals surface area contributed by atoms with Gasteiger partial charge in [0, 0.05) is 32.4 Å². The summed E-state index contributed by atoms with van der Waals surface area (Å²) in [5.41, 5.74) is 1.78. The van der Waals surface area contributed by atoms with E-state index in [1.807, 2.05) is 11.8 Å². The van der Waals surface area contributed by atoms with Crippen molar-refractivity contribution >= 4 is 22.9 Å². The van der Waals surface area contributed by atoms with E-state index in [0.717, 1.165) is 5.39 Å². The number of hydrogen-bond acceptors (Lipinski definition) is 9. The maximum absolute atomic E-state index is 12.9. The molecule has 0 saturated carbocycles. The Kier molecular flexibility index (Phi) is 4.21. The highest BCUT2D eigenvalue weighted by atomic mass is 16.5. The molecule has 1 saturated heterocycles. The Balaban J connectivity index is 1.32. The van der Waals surface area contributed by atoms with Crippen molar-refractivity contribution in [2.75, 3.05) is 31.1 Å². The van der Waals surface area contributed by atoms with E-state index in [-0.39, 0.29) is 17.5 Å². The third-order valence-corrected chi connectivity index (χ3v) is 5.06. The number of nitrogens with zero attached hydrogens (tertiary/aromatic N) is 6. The summed E-state index contributed by atoms with van der Waals surface area (Å²) in [7, 11) is 0. The fraction of sp³-hybridized carbons (Fsp3) is 0.250. The number of hydrogen-bond donors (Lipinski definition) is 0. The summed E-state index contributed by atoms with van der Waals surface area (Å²) < 4.78 is 16.2. The molecule has 0 N–H and O–H groups in total. The predicted octanol–water partition coefficient (Wildman–Crippen LogP) is 2.61. The van der Waals surface area contributed by atoms with E-state index in [1.54, 1.807) is 23.1 Å². The van der Waals surface area contributed by atoms with E-state index >= 15 is 0 Å². The van der Waals surface area contributed by atoms with Crippen molar-refractivity contribution in [2.24, 2.45) is 0 Å². The second-order valence-corrected chi connectivity index (χ2v) is 6.89. The average Bonchev–Trinajstić information content (AvgIpc) is 3.53. The van der Waals surface area contributed by atoms with Gasteiger partial charge in [-0.3, -0.25) is 4.79 Å². The minimum Gasteiger partial charge on any atom is -0.459 e. The van der Waals surface area contributed by atoms with E-state index in [0.29, 0.717) is 54.8 Å². The Hall–Kier alpha value is -4.13. The first-order chi connectivity index (χ1) is 14.6. The number of rotatable bonds is 3. The molecule has 0 bridgehead atoms. The van der Waals surface area contributed by atoms with Gasteiger partial charge < -0.3 is 23.2 Å².